The van der Waals surface area contributed by atoms with Gasteiger partial charge in [0.2, 0.25) is 0 Å². The molecule has 0 aliphatic carbocycles. The molecule has 0 spiro atoms. The second kappa shape index (κ2) is 9.65. The van der Waals surface area contributed by atoms with E-state index in [0.717, 1.165) is 43.2 Å². The fraction of sp³-hybridized carbons (Fsp3) is 0.333. The summed E-state index contributed by atoms with van der Waals surface area (Å²) in [6.45, 7) is 2.77. The van der Waals surface area contributed by atoms with Gasteiger partial charge in [0, 0.05) is 49.0 Å². The van der Waals surface area contributed by atoms with E-state index in [-0.39, 0.29) is 6.04 Å². The Labute approximate surface area is 193 Å². The van der Waals surface area contributed by atoms with Crippen LogP contribution in [0.2, 0.25) is 15.1 Å². The minimum Gasteiger partial charge on any atom is -0.376 e. The Kier molecular flexibility index (Phi) is 6.94. The summed E-state index contributed by atoms with van der Waals surface area (Å²) in [5.74, 6) is 0. The summed E-state index contributed by atoms with van der Waals surface area (Å²) in [4.78, 5) is 4.60. The Hall–Kier alpha value is -1.65. The van der Waals surface area contributed by atoms with Gasteiger partial charge in [0.25, 0.3) is 0 Å². The van der Waals surface area contributed by atoms with Gasteiger partial charge in [0.1, 0.15) is 0 Å². The predicted molar refractivity (Wildman–Crippen MR) is 129 cm³/mol. The maximum atomic E-state index is 6.57. The Bertz CT molecular complexity index is 939. The molecule has 1 fully saturated rings. The minimum atomic E-state index is 0.214. The lowest BCUT2D eigenvalue weighted by molar-refractivity contribution is 0.368. The average Bonchev–Trinajstić information content (AvgIpc) is 2.73. The van der Waals surface area contributed by atoms with Gasteiger partial charge in [-0.3, -0.25) is 0 Å². The zero-order valence-corrected chi connectivity index (χ0v) is 19.3. The molecule has 3 nitrogen and oxygen atoms in total. The van der Waals surface area contributed by atoms with Crippen LogP contribution in [0.3, 0.4) is 0 Å². The van der Waals surface area contributed by atoms with Crippen molar-refractivity contribution in [2.75, 3.05) is 31.6 Å². The second-order valence-electron chi connectivity index (χ2n) is 8.00. The van der Waals surface area contributed by atoms with Crippen LogP contribution in [-0.4, -0.2) is 37.6 Å². The maximum absolute atomic E-state index is 6.57. The van der Waals surface area contributed by atoms with Gasteiger partial charge in [-0.2, -0.15) is 0 Å². The van der Waals surface area contributed by atoms with E-state index in [9.17, 15) is 0 Å². The highest BCUT2D eigenvalue weighted by Crippen LogP contribution is 2.39. The largest absolute Gasteiger partial charge is 0.376 e. The Balaban J connectivity index is 1.54. The first-order valence-electron chi connectivity index (χ1n) is 10.3. The summed E-state index contributed by atoms with van der Waals surface area (Å²) in [7, 11) is 2.11. The molecule has 0 bridgehead atoms. The fourth-order valence-electron chi connectivity index (χ4n) is 4.27. The van der Waals surface area contributed by atoms with Crippen molar-refractivity contribution in [3.8, 4) is 0 Å². The first-order valence-corrected chi connectivity index (χ1v) is 11.4. The molecule has 2 aliphatic heterocycles. The van der Waals surface area contributed by atoms with Crippen LogP contribution < -0.4 is 10.2 Å². The van der Waals surface area contributed by atoms with Crippen molar-refractivity contribution in [3.05, 3.63) is 87.0 Å². The van der Waals surface area contributed by atoms with E-state index in [2.05, 4.69) is 52.6 Å². The van der Waals surface area contributed by atoms with Gasteiger partial charge >= 0.3 is 0 Å². The number of rotatable bonds is 5. The lowest BCUT2D eigenvalue weighted by Crippen LogP contribution is -2.45. The molecular weight excluding hydrogens is 437 g/mol. The highest BCUT2D eigenvalue weighted by molar-refractivity contribution is 6.36. The smallest absolute Gasteiger partial charge is 0.0654 e. The van der Waals surface area contributed by atoms with E-state index in [4.69, 9.17) is 34.8 Å². The number of anilines is 1. The molecule has 0 radical (unpaired) electrons. The van der Waals surface area contributed by atoms with Gasteiger partial charge in [0.05, 0.1) is 16.8 Å². The standard InChI is InChI=1S/C24H26Cl3N3/c1-29-11-2-3-17(16-29)15-28-21-10-12-30(23-9-8-20(26)13-22(23)27)24(14-21)18-4-6-19(25)7-5-18/h2-9,13,16,21,24,28H,10-12,14-15H2,1H3. The maximum Gasteiger partial charge on any atom is 0.0654 e. The van der Waals surface area contributed by atoms with Crippen molar-refractivity contribution >= 4 is 40.5 Å². The van der Waals surface area contributed by atoms with Crippen LogP contribution in [0, 0.1) is 0 Å². The number of hydrogen-bond donors (Lipinski definition) is 1. The first kappa shape index (κ1) is 21.6. The molecule has 0 aromatic heterocycles. The summed E-state index contributed by atoms with van der Waals surface area (Å²) in [6.07, 6.45) is 8.68. The highest BCUT2D eigenvalue weighted by Gasteiger charge is 2.30. The van der Waals surface area contributed by atoms with E-state index in [1.807, 2.05) is 30.3 Å². The van der Waals surface area contributed by atoms with Crippen molar-refractivity contribution in [2.24, 2.45) is 0 Å². The molecular formula is C24H26Cl3N3. The van der Waals surface area contributed by atoms with E-state index in [0.29, 0.717) is 16.1 Å². The van der Waals surface area contributed by atoms with Gasteiger partial charge < -0.3 is 15.1 Å². The van der Waals surface area contributed by atoms with Gasteiger partial charge in [-0.25, -0.2) is 0 Å². The number of nitrogens with zero attached hydrogens (tertiary/aromatic N) is 2. The van der Waals surface area contributed by atoms with Crippen molar-refractivity contribution in [1.82, 2.24) is 10.2 Å². The number of halogens is 3. The van der Waals surface area contributed by atoms with Crippen LogP contribution in [0.15, 0.2) is 66.4 Å². The fourth-order valence-corrected chi connectivity index (χ4v) is 4.91. The Morgan fingerprint density at radius 2 is 1.80 bits per heavy atom. The molecule has 6 heteroatoms. The Morgan fingerprint density at radius 1 is 1.03 bits per heavy atom. The third-order valence-corrected chi connectivity index (χ3v) is 6.57. The Morgan fingerprint density at radius 3 is 2.53 bits per heavy atom. The number of hydrogen-bond acceptors (Lipinski definition) is 3. The van der Waals surface area contributed by atoms with Crippen LogP contribution in [0.1, 0.15) is 24.4 Å². The topological polar surface area (TPSA) is 18.5 Å². The zero-order valence-electron chi connectivity index (χ0n) is 17.0. The van der Waals surface area contributed by atoms with Crippen molar-refractivity contribution in [2.45, 2.75) is 24.9 Å². The van der Waals surface area contributed by atoms with Crippen LogP contribution in [0.5, 0.6) is 0 Å². The third-order valence-electron chi connectivity index (χ3n) is 5.78. The number of benzene rings is 2. The van der Waals surface area contributed by atoms with Gasteiger partial charge in [-0.15, -0.1) is 0 Å². The van der Waals surface area contributed by atoms with Crippen molar-refractivity contribution in [1.29, 1.82) is 0 Å². The predicted octanol–water partition coefficient (Wildman–Crippen LogP) is 6.33. The van der Waals surface area contributed by atoms with Crippen LogP contribution in [-0.2, 0) is 0 Å². The molecule has 2 atom stereocenters. The average molecular weight is 463 g/mol. The van der Waals surface area contributed by atoms with Crippen molar-refractivity contribution < 1.29 is 0 Å². The number of nitrogens with one attached hydrogen (secondary N) is 1. The van der Waals surface area contributed by atoms with Crippen LogP contribution in [0.4, 0.5) is 5.69 Å². The van der Waals surface area contributed by atoms with Gasteiger partial charge in [0.15, 0.2) is 0 Å². The van der Waals surface area contributed by atoms with Gasteiger partial charge in [-0.1, -0.05) is 59.1 Å². The third kappa shape index (κ3) is 5.15. The molecule has 0 amide bonds. The SMILES string of the molecule is CN1C=C(CNC2CCN(c3ccc(Cl)cc3Cl)C(c3ccc(Cl)cc3)C2)C=CC1. The molecule has 0 saturated carbocycles. The van der Waals surface area contributed by atoms with E-state index in [1.165, 1.54) is 11.1 Å². The molecule has 30 heavy (non-hydrogen) atoms. The van der Waals surface area contributed by atoms with E-state index < -0.39 is 0 Å². The molecule has 2 aromatic rings. The number of piperidine rings is 1. The summed E-state index contributed by atoms with van der Waals surface area (Å²) < 4.78 is 0. The molecule has 2 aliphatic rings. The molecule has 1 saturated heterocycles. The lowest BCUT2D eigenvalue weighted by Gasteiger charge is -2.42. The molecule has 2 unspecified atom stereocenters. The lowest BCUT2D eigenvalue weighted by atomic mass is 9.91. The minimum absolute atomic E-state index is 0.214. The van der Waals surface area contributed by atoms with E-state index in [1.54, 1.807) is 0 Å². The second-order valence-corrected chi connectivity index (χ2v) is 9.28. The quantitative estimate of drug-likeness (QED) is 0.560. The molecule has 2 aromatic carbocycles. The summed E-state index contributed by atoms with van der Waals surface area (Å²) in [6, 6.07) is 14.5. The molecule has 4 rings (SSSR count). The summed E-state index contributed by atoms with van der Waals surface area (Å²) in [5.41, 5.74) is 3.59. The zero-order chi connectivity index (χ0) is 21.1. The van der Waals surface area contributed by atoms with Gasteiger partial charge in [-0.05, 0) is 54.3 Å². The van der Waals surface area contributed by atoms with Crippen LogP contribution in [0.25, 0.3) is 0 Å². The first-order chi connectivity index (χ1) is 14.5. The molecule has 2 heterocycles. The summed E-state index contributed by atoms with van der Waals surface area (Å²) >= 11 is 18.8. The number of likely N-dealkylation sites (N-methyl/N-ethyl adjacent to an activating group) is 1. The highest BCUT2D eigenvalue weighted by atomic mass is 35.5. The van der Waals surface area contributed by atoms with Crippen molar-refractivity contribution in [3.63, 3.8) is 0 Å². The molecule has 1 N–H and O–H groups in total. The van der Waals surface area contributed by atoms with E-state index >= 15 is 0 Å². The van der Waals surface area contributed by atoms with Crippen LogP contribution >= 0.6 is 34.8 Å². The normalized spacial score (nSPS) is 21.7. The summed E-state index contributed by atoms with van der Waals surface area (Å²) in [5, 5.41) is 5.86. The molecule has 158 valence electrons. The monoisotopic (exact) mass is 461 g/mol.